The fraction of sp³-hybridized carbons (Fsp3) is 0.800. The molecule has 0 aliphatic carbocycles. The van der Waals surface area contributed by atoms with Crippen LogP contribution in [0, 0.1) is 0 Å². The number of aliphatic carboxylic acids is 1. The van der Waals surface area contributed by atoms with E-state index in [1.54, 1.807) is 0 Å². The zero-order chi connectivity index (χ0) is 6.43. The van der Waals surface area contributed by atoms with Crippen molar-refractivity contribution in [2.75, 3.05) is 6.54 Å². The van der Waals surface area contributed by atoms with E-state index >= 15 is 0 Å². The number of morpholine rings is 1. The second kappa shape index (κ2) is 1.46. The molecule has 3 unspecified atom stereocenters. The first-order chi connectivity index (χ1) is 4.29. The van der Waals surface area contributed by atoms with Crippen molar-refractivity contribution in [2.24, 2.45) is 0 Å². The van der Waals surface area contributed by atoms with Gasteiger partial charge in [-0.2, -0.15) is 0 Å². The number of carboxylic acids is 1. The normalized spacial score (nSPS) is 46.4. The van der Waals surface area contributed by atoms with E-state index in [1.165, 1.54) is 0 Å². The molecule has 0 amide bonds. The Balaban J connectivity index is 2.06. The summed E-state index contributed by atoms with van der Waals surface area (Å²) < 4.78 is 4.98. The first-order valence-corrected chi connectivity index (χ1v) is 2.90. The summed E-state index contributed by atoms with van der Waals surface area (Å²) >= 11 is 0. The fourth-order valence-corrected chi connectivity index (χ4v) is 1.20. The maximum atomic E-state index is 10.3. The number of carbonyl (C=O) groups is 1. The molecule has 3 atom stereocenters. The third-order valence-corrected chi connectivity index (χ3v) is 1.76. The molecule has 2 aliphatic rings. The predicted octanol–water partition coefficient (Wildman–Crippen LogP) is -1.19. The van der Waals surface area contributed by atoms with Crippen molar-refractivity contribution >= 4 is 5.97 Å². The van der Waals surface area contributed by atoms with Crippen LogP contribution in [0.15, 0.2) is 0 Å². The molecule has 50 valence electrons. The molecule has 0 radical (unpaired) electrons. The zero-order valence-electron chi connectivity index (χ0n) is 4.70. The van der Waals surface area contributed by atoms with Crippen molar-refractivity contribution < 1.29 is 14.6 Å². The SMILES string of the molecule is O=C(O)C1NCC2OC21. The summed E-state index contributed by atoms with van der Waals surface area (Å²) in [4.78, 5) is 10.3. The topological polar surface area (TPSA) is 61.9 Å². The quantitative estimate of drug-likeness (QED) is 0.437. The van der Waals surface area contributed by atoms with Crippen molar-refractivity contribution in [1.82, 2.24) is 5.32 Å². The van der Waals surface area contributed by atoms with E-state index < -0.39 is 12.0 Å². The van der Waals surface area contributed by atoms with E-state index in [2.05, 4.69) is 5.32 Å². The molecule has 0 spiro atoms. The van der Waals surface area contributed by atoms with Crippen molar-refractivity contribution in [3.63, 3.8) is 0 Å². The molecule has 4 nitrogen and oxygen atoms in total. The minimum atomic E-state index is -0.806. The largest absolute Gasteiger partial charge is 0.480 e. The predicted molar refractivity (Wildman–Crippen MR) is 28.1 cm³/mol. The van der Waals surface area contributed by atoms with Gasteiger partial charge in [0.05, 0.1) is 6.10 Å². The van der Waals surface area contributed by atoms with Gasteiger partial charge in [-0.3, -0.25) is 10.1 Å². The van der Waals surface area contributed by atoms with Crippen molar-refractivity contribution in [2.45, 2.75) is 18.2 Å². The van der Waals surface area contributed by atoms with E-state index in [0.29, 0.717) is 6.54 Å². The van der Waals surface area contributed by atoms with Gasteiger partial charge in [0.2, 0.25) is 0 Å². The Morgan fingerprint density at radius 1 is 1.78 bits per heavy atom. The Hall–Kier alpha value is -0.610. The number of epoxide rings is 1. The van der Waals surface area contributed by atoms with Crippen LogP contribution >= 0.6 is 0 Å². The Bertz CT molecular complexity index is 158. The van der Waals surface area contributed by atoms with Gasteiger partial charge in [-0.1, -0.05) is 0 Å². The fourth-order valence-electron chi connectivity index (χ4n) is 1.20. The average Bonchev–Trinajstić information content (AvgIpc) is 2.43. The highest BCUT2D eigenvalue weighted by atomic mass is 16.6. The average molecular weight is 129 g/mol. The molecule has 2 N–H and O–H groups in total. The minimum absolute atomic E-state index is 0.0394. The van der Waals surface area contributed by atoms with Gasteiger partial charge in [0.1, 0.15) is 12.1 Å². The van der Waals surface area contributed by atoms with Crippen LogP contribution in [-0.2, 0) is 9.53 Å². The Labute approximate surface area is 51.8 Å². The highest BCUT2D eigenvalue weighted by Crippen LogP contribution is 2.29. The highest BCUT2D eigenvalue weighted by molar-refractivity contribution is 5.75. The summed E-state index contributed by atoms with van der Waals surface area (Å²) in [5.74, 6) is -0.806. The van der Waals surface area contributed by atoms with E-state index in [4.69, 9.17) is 9.84 Å². The lowest BCUT2D eigenvalue weighted by Gasteiger charge is -2.03. The van der Waals surface area contributed by atoms with Gasteiger partial charge in [-0.05, 0) is 0 Å². The highest BCUT2D eigenvalue weighted by Gasteiger charge is 2.53. The monoisotopic (exact) mass is 129 g/mol. The molecule has 0 aromatic heterocycles. The van der Waals surface area contributed by atoms with Crippen LogP contribution < -0.4 is 5.32 Å². The third-order valence-electron chi connectivity index (χ3n) is 1.76. The lowest BCUT2D eigenvalue weighted by atomic mass is 10.2. The molecule has 2 aliphatic heterocycles. The van der Waals surface area contributed by atoms with E-state index in [9.17, 15) is 4.79 Å². The molecule has 0 saturated carbocycles. The summed E-state index contributed by atoms with van der Waals surface area (Å²) in [5, 5.41) is 11.3. The maximum Gasteiger partial charge on any atom is 0.323 e. The van der Waals surface area contributed by atoms with Crippen LogP contribution in [0.2, 0.25) is 0 Å². The van der Waals surface area contributed by atoms with E-state index in [0.717, 1.165) is 0 Å². The second-order valence-corrected chi connectivity index (χ2v) is 2.36. The number of ether oxygens (including phenoxy) is 1. The molecule has 2 heterocycles. The van der Waals surface area contributed by atoms with Crippen LogP contribution in [0.3, 0.4) is 0 Å². The van der Waals surface area contributed by atoms with Gasteiger partial charge in [0.25, 0.3) is 0 Å². The second-order valence-electron chi connectivity index (χ2n) is 2.36. The molecule has 0 aromatic rings. The molecular weight excluding hydrogens is 122 g/mol. The molecule has 2 fully saturated rings. The summed E-state index contributed by atoms with van der Waals surface area (Å²) in [5.41, 5.74) is 0. The molecule has 0 bridgehead atoms. The Morgan fingerprint density at radius 3 is 2.78 bits per heavy atom. The number of hydrogen-bond donors (Lipinski definition) is 2. The van der Waals surface area contributed by atoms with Gasteiger partial charge in [-0.15, -0.1) is 0 Å². The standard InChI is InChI=1S/C5H7NO3/c7-5(8)3-4-2(9-4)1-6-3/h2-4,6H,1H2,(H,7,8). The van der Waals surface area contributed by atoms with Crippen molar-refractivity contribution in [3.05, 3.63) is 0 Å². The number of rotatable bonds is 1. The summed E-state index contributed by atoms with van der Waals surface area (Å²) in [6, 6.07) is -0.449. The summed E-state index contributed by atoms with van der Waals surface area (Å²) in [7, 11) is 0. The van der Waals surface area contributed by atoms with Crippen LogP contribution in [0.1, 0.15) is 0 Å². The van der Waals surface area contributed by atoms with Crippen molar-refractivity contribution in [3.8, 4) is 0 Å². The zero-order valence-corrected chi connectivity index (χ0v) is 4.70. The van der Waals surface area contributed by atoms with Gasteiger partial charge in [-0.25, -0.2) is 0 Å². The van der Waals surface area contributed by atoms with Crippen LogP contribution in [0.25, 0.3) is 0 Å². The van der Waals surface area contributed by atoms with E-state index in [1.807, 2.05) is 0 Å². The maximum absolute atomic E-state index is 10.3. The lowest BCUT2D eigenvalue weighted by Crippen LogP contribution is -2.36. The number of hydrogen-bond acceptors (Lipinski definition) is 3. The first kappa shape index (κ1) is 5.20. The first-order valence-electron chi connectivity index (χ1n) is 2.90. The van der Waals surface area contributed by atoms with Gasteiger partial charge in [0, 0.05) is 6.54 Å². The van der Waals surface area contributed by atoms with Crippen LogP contribution in [0.4, 0.5) is 0 Å². The Kier molecular flexibility index (Phi) is 0.841. The van der Waals surface area contributed by atoms with Crippen LogP contribution in [-0.4, -0.2) is 35.9 Å². The molecular formula is C5H7NO3. The smallest absolute Gasteiger partial charge is 0.323 e. The summed E-state index contributed by atoms with van der Waals surface area (Å²) in [6.45, 7) is 0.696. The molecule has 9 heavy (non-hydrogen) atoms. The molecule has 2 saturated heterocycles. The third kappa shape index (κ3) is 0.635. The molecule has 2 rings (SSSR count). The number of fused-ring (bicyclic) bond motifs is 1. The Morgan fingerprint density at radius 2 is 2.56 bits per heavy atom. The minimum Gasteiger partial charge on any atom is -0.480 e. The van der Waals surface area contributed by atoms with Gasteiger partial charge >= 0.3 is 5.97 Å². The number of carboxylic acid groups (broad SMARTS) is 1. The lowest BCUT2D eigenvalue weighted by molar-refractivity contribution is -0.139. The molecule has 4 heteroatoms. The van der Waals surface area contributed by atoms with Gasteiger partial charge < -0.3 is 9.84 Å². The molecule has 0 aromatic carbocycles. The number of nitrogens with one attached hydrogen (secondary N) is 1. The van der Waals surface area contributed by atoms with E-state index in [-0.39, 0.29) is 12.2 Å². The van der Waals surface area contributed by atoms with Crippen LogP contribution in [0.5, 0.6) is 0 Å². The summed E-state index contributed by atoms with van der Waals surface area (Å²) in [6.07, 6.45) is 0.147. The van der Waals surface area contributed by atoms with Crippen molar-refractivity contribution in [1.29, 1.82) is 0 Å². The van der Waals surface area contributed by atoms with Gasteiger partial charge in [0.15, 0.2) is 0 Å².